The summed E-state index contributed by atoms with van der Waals surface area (Å²) < 4.78 is 0. The topological polar surface area (TPSA) is 35.6 Å². The highest BCUT2D eigenvalue weighted by Crippen LogP contribution is 2.61. The molecule has 126 valence electrons. The third kappa shape index (κ3) is 2.58. The number of amides is 1. The number of piperazine rings is 1. The molecule has 0 aromatic heterocycles. The van der Waals surface area contributed by atoms with Crippen molar-refractivity contribution in [2.24, 2.45) is 17.3 Å². The van der Waals surface area contributed by atoms with E-state index in [1.807, 2.05) is 0 Å². The van der Waals surface area contributed by atoms with Gasteiger partial charge in [0.15, 0.2) is 0 Å². The van der Waals surface area contributed by atoms with Gasteiger partial charge >= 0.3 is 0 Å². The van der Waals surface area contributed by atoms with Gasteiger partial charge in [0, 0.05) is 31.7 Å². The van der Waals surface area contributed by atoms with Crippen LogP contribution in [0.4, 0.5) is 0 Å². The molecule has 22 heavy (non-hydrogen) atoms. The number of hydrogen-bond acceptors (Lipinski definition) is 3. The van der Waals surface area contributed by atoms with Crippen LogP contribution in [0.15, 0.2) is 0 Å². The Labute approximate surface area is 135 Å². The van der Waals surface area contributed by atoms with E-state index < -0.39 is 0 Å². The summed E-state index contributed by atoms with van der Waals surface area (Å²) in [5.74, 6) is 1.69. The molecule has 1 aliphatic heterocycles. The van der Waals surface area contributed by atoms with Crippen LogP contribution >= 0.6 is 0 Å². The van der Waals surface area contributed by atoms with E-state index in [4.69, 9.17) is 0 Å². The Kier molecular flexibility index (Phi) is 4.28. The largest absolute Gasteiger partial charge is 0.349 e. The summed E-state index contributed by atoms with van der Waals surface area (Å²) in [5, 5.41) is 3.46. The van der Waals surface area contributed by atoms with Crippen LogP contribution in [0.5, 0.6) is 0 Å². The number of rotatable bonds is 4. The molecule has 0 spiro atoms. The van der Waals surface area contributed by atoms with Crippen LogP contribution in [0.2, 0.25) is 0 Å². The highest BCUT2D eigenvalue weighted by atomic mass is 16.2. The first-order chi connectivity index (χ1) is 10.4. The van der Waals surface area contributed by atoms with Crippen LogP contribution < -0.4 is 5.32 Å². The Morgan fingerprint density at radius 2 is 1.64 bits per heavy atom. The minimum atomic E-state index is -0.0156. The van der Waals surface area contributed by atoms with Crippen molar-refractivity contribution in [3.63, 3.8) is 0 Å². The Morgan fingerprint density at radius 3 is 2.18 bits per heavy atom. The fourth-order valence-electron chi connectivity index (χ4n) is 5.17. The monoisotopic (exact) mass is 307 g/mol. The maximum absolute atomic E-state index is 12.6. The molecule has 0 unspecified atom stereocenters. The van der Waals surface area contributed by atoms with Gasteiger partial charge in [-0.3, -0.25) is 9.69 Å². The van der Waals surface area contributed by atoms with Crippen LogP contribution in [0.3, 0.4) is 0 Å². The number of hydrogen-bond donors (Lipinski definition) is 1. The van der Waals surface area contributed by atoms with Crippen LogP contribution in [0.25, 0.3) is 0 Å². The molecule has 0 aromatic rings. The molecular weight excluding hydrogens is 274 g/mol. The molecule has 1 amide bonds. The normalized spacial score (nSPS) is 38.4. The number of nitrogens with zero attached hydrogens (tertiary/aromatic N) is 2. The zero-order chi connectivity index (χ0) is 16.0. The third-order valence-corrected chi connectivity index (χ3v) is 7.29. The van der Waals surface area contributed by atoms with Crippen LogP contribution in [-0.2, 0) is 4.79 Å². The second-order valence-corrected chi connectivity index (χ2v) is 8.39. The molecule has 0 aromatic carbocycles. The number of carbonyl (C=O) groups excluding carboxylic acids is 1. The molecular formula is C18H33N3O. The number of likely N-dealkylation sites (N-methyl/N-ethyl adjacent to an activating group) is 1. The summed E-state index contributed by atoms with van der Waals surface area (Å²) in [6.07, 6.45) is 3.95. The molecule has 1 N–H and O–H groups in total. The molecule has 4 nitrogen and oxygen atoms in total. The number of fused-ring (bicyclic) bond motifs is 2. The van der Waals surface area contributed by atoms with Gasteiger partial charge in [-0.25, -0.2) is 0 Å². The predicted molar refractivity (Wildman–Crippen MR) is 89.7 cm³/mol. The van der Waals surface area contributed by atoms with Crippen molar-refractivity contribution in [2.75, 3.05) is 39.3 Å². The van der Waals surface area contributed by atoms with E-state index in [0.717, 1.165) is 38.6 Å². The maximum Gasteiger partial charge on any atom is 0.234 e. The van der Waals surface area contributed by atoms with Crippen molar-refractivity contribution >= 4 is 5.91 Å². The van der Waals surface area contributed by atoms with Gasteiger partial charge in [-0.1, -0.05) is 20.8 Å². The lowest BCUT2D eigenvalue weighted by Gasteiger charge is -2.48. The molecule has 3 rings (SSSR count). The van der Waals surface area contributed by atoms with Crippen molar-refractivity contribution in [2.45, 2.75) is 52.5 Å². The lowest BCUT2D eigenvalue weighted by molar-refractivity contribution is -0.127. The van der Waals surface area contributed by atoms with Gasteiger partial charge in [0.25, 0.3) is 0 Å². The van der Waals surface area contributed by atoms with E-state index in [2.05, 4.69) is 42.8 Å². The summed E-state index contributed by atoms with van der Waals surface area (Å²) in [5.41, 5.74) is 0.213. The zero-order valence-corrected chi connectivity index (χ0v) is 14.8. The molecule has 0 radical (unpaired) electrons. The summed E-state index contributed by atoms with van der Waals surface area (Å²) in [6.45, 7) is 15.1. The Bertz CT molecular complexity index is 428. The molecule has 2 aliphatic carbocycles. The lowest BCUT2D eigenvalue weighted by atomic mass is 9.64. The van der Waals surface area contributed by atoms with Crippen LogP contribution in [0.1, 0.15) is 47.0 Å². The minimum Gasteiger partial charge on any atom is -0.349 e. The van der Waals surface area contributed by atoms with Gasteiger partial charge in [0.1, 0.15) is 0 Å². The van der Waals surface area contributed by atoms with Gasteiger partial charge in [-0.2, -0.15) is 0 Å². The molecule has 3 fully saturated rings. The first-order valence-electron chi connectivity index (χ1n) is 9.12. The Balaban J connectivity index is 1.56. The van der Waals surface area contributed by atoms with E-state index in [9.17, 15) is 4.79 Å². The van der Waals surface area contributed by atoms with Crippen molar-refractivity contribution in [1.29, 1.82) is 0 Å². The summed E-state index contributed by atoms with van der Waals surface area (Å²) in [6, 6.07) is 0. The average Bonchev–Trinajstić information content (AvgIpc) is 3.03. The molecule has 3 aliphatic rings. The van der Waals surface area contributed by atoms with Crippen molar-refractivity contribution in [3.05, 3.63) is 0 Å². The molecule has 2 bridgehead atoms. The van der Waals surface area contributed by atoms with Gasteiger partial charge < -0.3 is 10.2 Å². The van der Waals surface area contributed by atoms with Crippen LogP contribution in [-0.4, -0.2) is 60.5 Å². The van der Waals surface area contributed by atoms with Crippen molar-refractivity contribution in [1.82, 2.24) is 15.1 Å². The Morgan fingerprint density at radius 1 is 1.05 bits per heavy atom. The molecule has 1 heterocycles. The van der Waals surface area contributed by atoms with Crippen molar-refractivity contribution in [3.8, 4) is 0 Å². The average molecular weight is 307 g/mol. The maximum atomic E-state index is 12.6. The van der Waals surface area contributed by atoms with E-state index in [1.54, 1.807) is 0 Å². The highest BCUT2D eigenvalue weighted by Gasteiger charge is 2.60. The first-order valence-corrected chi connectivity index (χ1v) is 9.12. The number of nitrogens with one attached hydrogen (secondary N) is 1. The summed E-state index contributed by atoms with van der Waals surface area (Å²) >= 11 is 0. The van der Waals surface area contributed by atoms with E-state index in [1.165, 1.54) is 19.3 Å². The molecule has 3 atom stereocenters. The number of carbonyl (C=O) groups is 1. The van der Waals surface area contributed by atoms with Gasteiger partial charge in [-0.05, 0) is 50.0 Å². The molecule has 2 saturated carbocycles. The predicted octanol–water partition coefficient (Wildman–Crippen LogP) is 1.95. The molecule has 1 saturated heterocycles. The quantitative estimate of drug-likeness (QED) is 0.862. The summed E-state index contributed by atoms with van der Waals surface area (Å²) in [7, 11) is 0. The van der Waals surface area contributed by atoms with Gasteiger partial charge in [0.2, 0.25) is 5.91 Å². The standard InChI is InChI=1S/C18H33N3O/c1-5-20-8-10-21(11-9-20)13-16(22)19-18(4)15-7-6-14(12-15)17(18,2)3/h14-15H,5-13H2,1-4H3,(H,19,22)/t14-,15+,18-/m0/s1. The van der Waals surface area contributed by atoms with E-state index in [-0.39, 0.29) is 16.9 Å². The van der Waals surface area contributed by atoms with Gasteiger partial charge in [0.05, 0.1) is 6.54 Å². The fraction of sp³-hybridized carbons (Fsp3) is 0.944. The fourth-order valence-corrected chi connectivity index (χ4v) is 5.17. The highest BCUT2D eigenvalue weighted by molar-refractivity contribution is 5.79. The molecule has 4 heteroatoms. The van der Waals surface area contributed by atoms with E-state index >= 15 is 0 Å². The second kappa shape index (κ2) is 5.79. The smallest absolute Gasteiger partial charge is 0.234 e. The minimum absolute atomic E-state index is 0.0156. The first kappa shape index (κ1) is 16.3. The third-order valence-electron chi connectivity index (χ3n) is 7.29. The van der Waals surface area contributed by atoms with Gasteiger partial charge in [-0.15, -0.1) is 0 Å². The summed E-state index contributed by atoms with van der Waals surface area (Å²) in [4.78, 5) is 17.4. The lowest BCUT2D eigenvalue weighted by Crippen LogP contribution is -2.61. The second-order valence-electron chi connectivity index (χ2n) is 8.39. The Hall–Kier alpha value is -0.610. The van der Waals surface area contributed by atoms with Crippen LogP contribution in [0, 0.1) is 17.3 Å². The van der Waals surface area contributed by atoms with E-state index in [0.29, 0.717) is 12.5 Å². The zero-order valence-electron chi connectivity index (χ0n) is 14.8. The van der Waals surface area contributed by atoms with Crippen molar-refractivity contribution < 1.29 is 4.79 Å². The SMILES string of the molecule is CCN1CCN(CC(=O)N[C@@]2(C)[C@@H]3CC[C@@H](C3)C2(C)C)CC1.